The first-order chi connectivity index (χ1) is 9.81. The highest BCUT2D eigenvalue weighted by Gasteiger charge is 2.22. The summed E-state index contributed by atoms with van der Waals surface area (Å²) in [6.07, 6.45) is 6.32. The highest BCUT2D eigenvalue weighted by Crippen LogP contribution is 2.36. The van der Waals surface area contributed by atoms with Crippen LogP contribution in [0.4, 0.5) is 0 Å². The molecule has 3 rings (SSSR count). The summed E-state index contributed by atoms with van der Waals surface area (Å²) in [6, 6.07) is 16.5. The fourth-order valence-corrected chi connectivity index (χ4v) is 2.73. The topological polar surface area (TPSA) is 17.1 Å². The third kappa shape index (κ3) is 2.12. The molecule has 1 nitrogen and oxygen atoms in total. The van der Waals surface area contributed by atoms with Crippen molar-refractivity contribution >= 4 is 11.4 Å². The van der Waals surface area contributed by atoms with Gasteiger partial charge in [0.05, 0.1) is 0 Å². The first-order valence-corrected chi connectivity index (χ1v) is 6.86. The van der Waals surface area contributed by atoms with Crippen molar-refractivity contribution in [2.75, 3.05) is 0 Å². The van der Waals surface area contributed by atoms with E-state index in [1.807, 2.05) is 31.2 Å². The molecule has 0 heterocycles. The van der Waals surface area contributed by atoms with Gasteiger partial charge in [0.15, 0.2) is 5.78 Å². The second-order valence-electron chi connectivity index (χ2n) is 4.89. The first kappa shape index (κ1) is 12.6. The predicted molar refractivity (Wildman–Crippen MR) is 83.4 cm³/mol. The number of carbonyl (C=O) groups excluding carboxylic acids is 1. The summed E-state index contributed by atoms with van der Waals surface area (Å²) < 4.78 is 0. The van der Waals surface area contributed by atoms with Crippen LogP contribution in [0.15, 0.2) is 66.8 Å². The molecule has 2 aromatic rings. The average Bonchev–Trinajstić information content (AvgIpc) is 2.92. The molecule has 2 aromatic carbocycles. The normalized spacial score (nSPS) is 13.3. The van der Waals surface area contributed by atoms with Gasteiger partial charge in [-0.25, -0.2) is 0 Å². The van der Waals surface area contributed by atoms with Gasteiger partial charge in [-0.2, -0.15) is 0 Å². The van der Waals surface area contributed by atoms with Crippen molar-refractivity contribution < 1.29 is 4.79 Å². The van der Waals surface area contributed by atoms with Gasteiger partial charge in [0, 0.05) is 5.57 Å². The lowest BCUT2D eigenvalue weighted by Crippen LogP contribution is -1.98. The van der Waals surface area contributed by atoms with Crippen LogP contribution in [0.25, 0.3) is 16.7 Å². The van der Waals surface area contributed by atoms with Crippen LogP contribution in [0, 0.1) is 0 Å². The van der Waals surface area contributed by atoms with E-state index in [2.05, 4.69) is 30.3 Å². The lowest BCUT2D eigenvalue weighted by atomic mass is 9.92. The van der Waals surface area contributed by atoms with Gasteiger partial charge in [0.25, 0.3) is 0 Å². The molecule has 0 aromatic heterocycles. The molecule has 98 valence electrons. The monoisotopic (exact) mass is 260 g/mol. The average molecular weight is 260 g/mol. The Morgan fingerprint density at radius 2 is 1.85 bits per heavy atom. The number of rotatable bonds is 3. The molecular formula is C19H16O. The lowest BCUT2D eigenvalue weighted by Gasteiger charge is -2.11. The van der Waals surface area contributed by atoms with Crippen molar-refractivity contribution in [2.45, 2.75) is 13.3 Å². The summed E-state index contributed by atoms with van der Waals surface area (Å²) in [5.41, 5.74) is 5.47. The fraction of sp³-hybridized carbons (Fsp3) is 0.105. The van der Waals surface area contributed by atoms with Crippen molar-refractivity contribution in [2.24, 2.45) is 0 Å². The highest BCUT2D eigenvalue weighted by molar-refractivity contribution is 6.28. The molecule has 0 amide bonds. The van der Waals surface area contributed by atoms with Crippen LogP contribution >= 0.6 is 0 Å². The van der Waals surface area contributed by atoms with E-state index >= 15 is 0 Å². The van der Waals surface area contributed by atoms with Crippen molar-refractivity contribution in [1.29, 1.82) is 0 Å². The van der Waals surface area contributed by atoms with Gasteiger partial charge in [-0.15, -0.1) is 0 Å². The third-order valence-electron chi connectivity index (χ3n) is 3.61. The smallest absolute Gasteiger partial charge is 0.185 e. The van der Waals surface area contributed by atoms with E-state index in [-0.39, 0.29) is 5.78 Å². The summed E-state index contributed by atoms with van der Waals surface area (Å²) in [5.74, 6) is 0.0923. The number of allylic oxidation sites excluding steroid dienone is 4. The number of ketones is 1. The van der Waals surface area contributed by atoms with Gasteiger partial charge in [-0.05, 0) is 41.7 Å². The maximum Gasteiger partial charge on any atom is 0.185 e. The number of hydrogen-bond donors (Lipinski definition) is 0. The molecule has 0 fully saturated rings. The number of hydrogen-bond acceptors (Lipinski definition) is 1. The summed E-state index contributed by atoms with van der Waals surface area (Å²) in [4.78, 5) is 12.2. The molecule has 0 saturated heterocycles. The standard InChI is InChI=1S/C19H16O/c1-2-7-18(20)17-13-12-15-10-6-11-16(19(15)17)14-8-4-3-5-9-14/h2-11,13H,12H2,1H3/b7-2+. The third-order valence-corrected chi connectivity index (χ3v) is 3.61. The van der Waals surface area contributed by atoms with Gasteiger partial charge < -0.3 is 0 Å². The highest BCUT2D eigenvalue weighted by atomic mass is 16.1. The molecule has 1 aliphatic carbocycles. The van der Waals surface area contributed by atoms with E-state index in [0.717, 1.165) is 28.7 Å². The van der Waals surface area contributed by atoms with E-state index in [0.29, 0.717) is 0 Å². The van der Waals surface area contributed by atoms with E-state index < -0.39 is 0 Å². The minimum Gasteiger partial charge on any atom is -0.289 e. The van der Waals surface area contributed by atoms with Crippen LogP contribution in [0.5, 0.6) is 0 Å². The Hall–Kier alpha value is -2.41. The molecule has 0 saturated carbocycles. The van der Waals surface area contributed by atoms with Crippen molar-refractivity contribution in [3.8, 4) is 11.1 Å². The van der Waals surface area contributed by atoms with Crippen molar-refractivity contribution in [1.82, 2.24) is 0 Å². The lowest BCUT2D eigenvalue weighted by molar-refractivity contribution is -0.109. The molecule has 0 spiro atoms. The summed E-state index contributed by atoms with van der Waals surface area (Å²) >= 11 is 0. The van der Waals surface area contributed by atoms with Crippen molar-refractivity contribution in [3.05, 3.63) is 77.9 Å². The fourth-order valence-electron chi connectivity index (χ4n) is 2.73. The van der Waals surface area contributed by atoms with Crippen LogP contribution in [-0.4, -0.2) is 5.78 Å². The second kappa shape index (κ2) is 5.30. The van der Waals surface area contributed by atoms with E-state index in [9.17, 15) is 4.79 Å². The molecule has 0 aliphatic heterocycles. The zero-order valence-electron chi connectivity index (χ0n) is 11.5. The number of benzene rings is 2. The molecule has 0 radical (unpaired) electrons. The SMILES string of the molecule is C/C=C/C(=O)C1=CCc2cccc(-c3ccccc3)c21. The predicted octanol–water partition coefficient (Wildman–Crippen LogP) is 4.44. The van der Waals surface area contributed by atoms with Gasteiger partial charge in [0.1, 0.15) is 0 Å². The maximum atomic E-state index is 12.2. The molecule has 1 aliphatic rings. The Kier molecular flexibility index (Phi) is 3.34. The van der Waals surface area contributed by atoms with Crippen molar-refractivity contribution in [3.63, 3.8) is 0 Å². The molecule has 0 atom stereocenters. The van der Waals surface area contributed by atoms with Gasteiger partial charge in [0.2, 0.25) is 0 Å². The van der Waals surface area contributed by atoms with E-state index in [4.69, 9.17) is 0 Å². The molecule has 20 heavy (non-hydrogen) atoms. The van der Waals surface area contributed by atoms with Crippen LogP contribution < -0.4 is 0 Å². The maximum absolute atomic E-state index is 12.2. The summed E-state index contributed by atoms with van der Waals surface area (Å²) in [7, 11) is 0. The van der Waals surface area contributed by atoms with Crippen LogP contribution in [0.2, 0.25) is 0 Å². The molecular weight excluding hydrogens is 244 g/mol. The quantitative estimate of drug-likeness (QED) is 0.746. The molecule has 0 bridgehead atoms. The Bertz CT molecular complexity index is 706. The largest absolute Gasteiger partial charge is 0.289 e. The minimum atomic E-state index is 0.0923. The van der Waals surface area contributed by atoms with Crippen LogP contribution in [-0.2, 0) is 11.2 Å². The number of fused-ring (bicyclic) bond motifs is 1. The van der Waals surface area contributed by atoms with Gasteiger partial charge in [-0.1, -0.05) is 60.7 Å². The Labute approximate surface area is 119 Å². The molecule has 0 unspecified atom stereocenters. The Balaban J connectivity index is 2.15. The van der Waals surface area contributed by atoms with Crippen LogP contribution in [0.1, 0.15) is 18.1 Å². The Morgan fingerprint density at radius 3 is 2.60 bits per heavy atom. The Morgan fingerprint density at radius 1 is 1.05 bits per heavy atom. The molecule has 1 heteroatoms. The zero-order chi connectivity index (χ0) is 13.9. The van der Waals surface area contributed by atoms with Gasteiger partial charge >= 0.3 is 0 Å². The first-order valence-electron chi connectivity index (χ1n) is 6.86. The van der Waals surface area contributed by atoms with E-state index in [1.54, 1.807) is 12.2 Å². The zero-order valence-corrected chi connectivity index (χ0v) is 11.5. The summed E-state index contributed by atoms with van der Waals surface area (Å²) in [5, 5.41) is 0. The van der Waals surface area contributed by atoms with Gasteiger partial charge in [-0.3, -0.25) is 4.79 Å². The van der Waals surface area contributed by atoms with Crippen LogP contribution in [0.3, 0.4) is 0 Å². The molecule has 0 N–H and O–H groups in total. The second-order valence-corrected chi connectivity index (χ2v) is 4.89. The van der Waals surface area contributed by atoms with E-state index in [1.165, 1.54) is 5.56 Å². The summed E-state index contributed by atoms with van der Waals surface area (Å²) in [6.45, 7) is 1.87. The minimum absolute atomic E-state index is 0.0923. The number of carbonyl (C=O) groups is 1.